The first-order valence-corrected chi connectivity index (χ1v) is 30.6. The number of hydrogen-bond acceptors (Lipinski definition) is 4. The van der Waals surface area contributed by atoms with Crippen LogP contribution in [-0.2, 0) is 23.0 Å². The van der Waals surface area contributed by atoms with Crippen molar-refractivity contribution in [3.8, 4) is 0 Å². The summed E-state index contributed by atoms with van der Waals surface area (Å²) >= 11 is -2.99. The van der Waals surface area contributed by atoms with E-state index in [9.17, 15) is 0 Å². The third kappa shape index (κ3) is 10.3. The Morgan fingerprint density at radius 2 is 0.550 bits per heavy atom. The second-order valence-electron chi connectivity index (χ2n) is 9.15. The Labute approximate surface area is 269 Å². The van der Waals surface area contributed by atoms with E-state index in [1.807, 2.05) is 40.1 Å². The summed E-state index contributed by atoms with van der Waals surface area (Å²) < 4.78 is 0. The summed E-state index contributed by atoms with van der Waals surface area (Å²) in [5.74, 6) is 3.87. The number of rotatable bonds is 0. The van der Waals surface area contributed by atoms with Crippen LogP contribution >= 0.6 is 60.0 Å². The molecule has 4 aromatic rings. The fraction of sp³-hybridized carbons (Fsp3) is 0.125. The molecule has 0 unspecified atom stereocenters. The fourth-order valence-electron chi connectivity index (χ4n) is 3.86. The van der Waals surface area contributed by atoms with Crippen molar-refractivity contribution >= 4 is 107 Å². The van der Waals surface area contributed by atoms with Gasteiger partial charge in [0.1, 0.15) is 0 Å². The number of benzene rings is 4. The molecule has 0 radical (unpaired) electrons. The first kappa shape index (κ1) is 30.9. The van der Waals surface area contributed by atoms with Crippen LogP contribution < -0.4 is 0 Å². The molecule has 8 bridgehead atoms. The van der Waals surface area contributed by atoms with Gasteiger partial charge in [0.15, 0.2) is 0 Å². The Balaban J connectivity index is 1.27. The molecule has 0 saturated carbocycles. The summed E-state index contributed by atoms with van der Waals surface area (Å²) in [5.41, 5.74) is 10.2. The Hall–Kier alpha value is -0.543. The number of halogens is 2. The molecular formula is C32H28As2Cl2S4. The zero-order chi connectivity index (χ0) is 27.6. The molecule has 0 spiro atoms. The van der Waals surface area contributed by atoms with Crippen molar-refractivity contribution in [2.24, 2.45) is 0 Å². The van der Waals surface area contributed by atoms with Crippen molar-refractivity contribution in [2.45, 2.75) is 23.0 Å². The monoisotopic (exact) mass is 760 g/mol. The summed E-state index contributed by atoms with van der Waals surface area (Å²) in [6.45, 7) is 0. The molecule has 0 N–H and O–H groups in total. The van der Waals surface area contributed by atoms with Gasteiger partial charge >= 0.3 is 272 Å². The van der Waals surface area contributed by atoms with Gasteiger partial charge in [0, 0.05) is 0 Å². The average molecular weight is 762 g/mol. The molecule has 204 valence electrons. The van der Waals surface area contributed by atoms with Crippen LogP contribution in [0, 0.1) is 0 Å². The number of hydrogen-bond donors (Lipinski definition) is 0. The van der Waals surface area contributed by atoms with E-state index in [0.29, 0.717) is 0 Å². The third-order valence-electron chi connectivity index (χ3n) is 6.19. The Morgan fingerprint density at radius 3 is 0.750 bits per heavy atom. The first-order valence-electron chi connectivity index (χ1n) is 12.7. The molecule has 0 atom stereocenters. The summed E-state index contributed by atoms with van der Waals surface area (Å²) in [4.78, 5) is 0. The Morgan fingerprint density at radius 1 is 0.350 bits per heavy atom. The van der Waals surface area contributed by atoms with Gasteiger partial charge in [-0.05, 0) is 0 Å². The fourth-order valence-corrected chi connectivity index (χ4v) is 21.7. The Bertz CT molecular complexity index is 1190. The van der Waals surface area contributed by atoms with Gasteiger partial charge in [0.05, 0.1) is 0 Å². The van der Waals surface area contributed by atoms with Gasteiger partial charge in [0.25, 0.3) is 0 Å². The predicted molar refractivity (Wildman–Crippen MR) is 192 cm³/mol. The van der Waals surface area contributed by atoms with Crippen LogP contribution in [0.25, 0.3) is 24.3 Å². The van der Waals surface area contributed by atoms with Crippen LogP contribution in [0.15, 0.2) is 97.1 Å². The maximum absolute atomic E-state index is 6.78. The molecule has 40 heavy (non-hydrogen) atoms. The van der Waals surface area contributed by atoms with Crippen molar-refractivity contribution in [2.75, 3.05) is 0 Å². The van der Waals surface area contributed by atoms with Gasteiger partial charge in [-0.25, -0.2) is 0 Å². The normalized spacial score (nSPS) is 20.4. The summed E-state index contributed by atoms with van der Waals surface area (Å²) in [6.07, 6.45) is 8.73. The molecule has 11 rings (SSSR count). The molecular weight excluding hydrogens is 733 g/mol. The van der Waals surface area contributed by atoms with E-state index in [2.05, 4.69) is 121 Å². The quantitative estimate of drug-likeness (QED) is 0.164. The molecule has 7 heterocycles. The second kappa shape index (κ2) is 16.3. The van der Waals surface area contributed by atoms with E-state index in [1.54, 1.807) is 0 Å². The van der Waals surface area contributed by atoms with Crippen LogP contribution in [0.2, 0.25) is 0 Å². The topological polar surface area (TPSA) is 0 Å². The molecule has 0 saturated heterocycles. The van der Waals surface area contributed by atoms with Gasteiger partial charge in [-0.15, -0.1) is 0 Å². The van der Waals surface area contributed by atoms with Crippen LogP contribution in [0.1, 0.15) is 44.5 Å². The molecule has 8 heteroatoms. The zero-order valence-electron chi connectivity index (χ0n) is 21.7. The molecule has 0 amide bonds. The van der Waals surface area contributed by atoms with Crippen molar-refractivity contribution < 1.29 is 0 Å². The molecule has 7 aliphatic heterocycles. The van der Waals surface area contributed by atoms with Crippen LogP contribution in [0.4, 0.5) is 0 Å². The van der Waals surface area contributed by atoms with Gasteiger partial charge in [-0.1, -0.05) is 0 Å². The molecule has 7 aliphatic rings. The summed E-state index contributed by atoms with van der Waals surface area (Å²) in [6, 6.07) is 35.4. The van der Waals surface area contributed by atoms with Gasteiger partial charge in [-0.2, -0.15) is 0 Å². The maximum atomic E-state index is 6.78. The summed E-state index contributed by atoms with van der Waals surface area (Å²) in [5, 5.41) is 0. The first-order chi connectivity index (χ1) is 19.6. The van der Waals surface area contributed by atoms with E-state index >= 15 is 0 Å². The van der Waals surface area contributed by atoms with Gasteiger partial charge in [-0.3, -0.25) is 0 Å². The van der Waals surface area contributed by atoms with E-state index in [0.717, 1.165) is 23.0 Å². The van der Waals surface area contributed by atoms with Crippen molar-refractivity contribution in [1.82, 2.24) is 0 Å². The van der Waals surface area contributed by atoms with E-state index in [1.165, 1.54) is 44.5 Å². The van der Waals surface area contributed by atoms with E-state index in [4.69, 9.17) is 19.9 Å². The molecule has 0 aromatic heterocycles. The van der Waals surface area contributed by atoms with E-state index in [-0.39, 0.29) is 0 Å². The second-order valence-corrected chi connectivity index (χ2v) is 37.3. The molecule has 4 aromatic carbocycles. The van der Waals surface area contributed by atoms with Crippen LogP contribution in [0.5, 0.6) is 0 Å². The SMILES string of the molecule is Cl[As]1SCc2ccc(cc2)/C=C/c2ccc(cc2)CS[As](Cl)SCc2ccc(cc2)/C=C/c2ccc(cc2)CS1. The van der Waals surface area contributed by atoms with Crippen LogP contribution in [0.3, 0.4) is 0 Å². The minimum absolute atomic E-state index is 0.968. The van der Waals surface area contributed by atoms with Gasteiger partial charge in [0.2, 0.25) is 0 Å². The molecule has 0 fully saturated rings. The van der Waals surface area contributed by atoms with Crippen molar-refractivity contribution in [3.05, 3.63) is 142 Å². The van der Waals surface area contributed by atoms with Gasteiger partial charge < -0.3 is 0 Å². The predicted octanol–water partition coefficient (Wildman–Crippen LogP) is 11.1. The zero-order valence-corrected chi connectivity index (χ0v) is 30.2. The standard InChI is InChI=1S/C32H28As2Cl2S4/c35-33-37-21-29-13-5-25(6-14-29)1-2-26-7-15-30(16-8-26)22-38-34(36)40-24-32-19-11-28(12-20-32)4-3-27-9-17-31(18-10-27)23-39-33/h1-20H,21-24H2/b2-1+,4-3+. The van der Waals surface area contributed by atoms with Crippen molar-refractivity contribution in [3.63, 3.8) is 0 Å². The van der Waals surface area contributed by atoms with Crippen molar-refractivity contribution in [1.29, 1.82) is 0 Å². The third-order valence-corrected chi connectivity index (χ3v) is 29.9. The van der Waals surface area contributed by atoms with E-state index < -0.39 is 22.8 Å². The summed E-state index contributed by atoms with van der Waals surface area (Å²) in [7, 11) is 21.3. The molecule has 0 aliphatic carbocycles. The Kier molecular flexibility index (Phi) is 12.6. The average Bonchev–Trinajstić information content (AvgIpc) is 3.00. The molecule has 0 nitrogen and oxygen atoms in total. The minimum atomic E-state index is -1.49. The van der Waals surface area contributed by atoms with Crippen LogP contribution in [-0.4, -0.2) is 22.8 Å².